The molecule has 1 amide bonds. The summed E-state index contributed by atoms with van der Waals surface area (Å²) in [5, 5.41) is 3.66. The molecule has 0 unspecified atom stereocenters. The molecule has 1 aliphatic heterocycles. The van der Waals surface area contributed by atoms with Gasteiger partial charge in [0.2, 0.25) is 5.91 Å². The normalized spacial score (nSPS) is 14.7. The van der Waals surface area contributed by atoms with Crippen LogP contribution in [-0.2, 0) is 24.3 Å². The minimum Gasteiger partial charge on any atom is -0.352 e. The van der Waals surface area contributed by atoms with E-state index in [1.807, 2.05) is 24.3 Å². The molecule has 1 heterocycles. The Bertz CT molecular complexity index is 661. The Kier molecular flexibility index (Phi) is 5.89. The van der Waals surface area contributed by atoms with Crippen molar-refractivity contribution in [3.8, 4) is 0 Å². The number of hydrogen-bond acceptors (Lipinski definition) is 2. The molecular weight excluding hydrogens is 320 g/mol. The topological polar surface area (TPSA) is 32.3 Å². The van der Waals surface area contributed by atoms with E-state index in [1.54, 1.807) is 0 Å². The van der Waals surface area contributed by atoms with Crippen molar-refractivity contribution in [2.75, 3.05) is 13.1 Å². The lowest BCUT2D eigenvalue weighted by atomic mass is 10.1. The van der Waals surface area contributed by atoms with Gasteiger partial charge in [-0.3, -0.25) is 9.69 Å². The Morgan fingerprint density at radius 1 is 0.917 bits per heavy atom. The number of nitrogens with zero attached hydrogens (tertiary/aromatic N) is 1. The summed E-state index contributed by atoms with van der Waals surface area (Å²) in [7, 11) is 0. The van der Waals surface area contributed by atoms with E-state index in [2.05, 4.69) is 34.5 Å². The first-order valence-corrected chi connectivity index (χ1v) is 8.88. The second-order valence-corrected chi connectivity index (χ2v) is 6.82. The van der Waals surface area contributed by atoms with Gasteiger partial charge < -0.3 is 5.32 Å². The van der Waals surface area contributed by atoms with Crippen molar-refractivity contribution >= 4 is 17.5 Å². The summed E-state index contributed by atoms with van der Waals surface area (Å²) in [5.74, 6) is 0.0264. The third-order valence-electron chi connectivity index (χ3n) is 4.40. The summed E-state index contributed by atoms with van der Waals surface area (Å²) < 4.78 is 0. The van der Waals surface area contributed by atoms with Gasteiger partial charge in [0.1, 0.15) is 0 Å². The molecule has 0 bridgehead atoms. The van der Waals surface area contributed by atoms with Crippen LogP contribution in [0.5, 0.6) is 0 Å². The Morgan fingerprint density at radius 2 is 1.50 bits per heavy atom. The Morgan fingerprint density at radius 3 is 2.17 bits per heavy atom. The van der Waals surface area contributed by atoms with Gasteiger partial charge in [-0.05, 0) is 54.8 Å². The maximum Gasteiger partial charge on any atom is 0.224 e. The smallest absolute Gasteiger partial charge is 0.224 e. The van der Waals surface area contributed by atoms with Crippen LogP contribution >= 0.6 is 11.6 Å². The molecule has 2 aromatic rings. The summed E-state index contributed by atoms with van der Waals surface area (Å²) in [6.07, 6.45) is 3.01. The fraction of sp³-hybridized carbons (Fsp3) is 0.350. The van der Waals surface area contributed by atoms with E-state index in [1.165, 1.54) is 31.5 Å². The summed E-state index contributed by atoms with van der Waals surface area (Å²) in [6.45, 7) is 4.02. The van der Waals surface area contributed by atoms with Crippen LogP contribution in [0.4, 0.5) is 0 Å². The van der Waals surface area contributed by atoms with Gasteiger partial charge in [0.05, 0.1) is 6.42 Å². The van der Waals surface area contributed by atoms with Gasteiger partial charge >= 0.3 is 0 Å². The zero-order chi connectivity index (χ0) is 16.8. The molecule has 0 saturated carbocycles. The molecular formula is C20H23ClN2O. The Hall–Kier alpha value is -1.84. The average molecular weight is 343 g/mol. The molecule has 0 atom stereocenters. The standard InChI is InChI=1S/C20H23ClN2O/c21-19-9-7-16(8-10-19)13-20(24)22-14-17-3-5-18(6-4-17)15-23-11-1-2-12-23/h3-10H,1-2,11-15H2,(H,22,24). The lowest BCUT2D eigenvalue weighted by Crippen LogP contribution is -2.24. The maximum atomic E-state index is 12.0. The van der Waals surface area contributed by atoms with Crippen LogP contribution in [-0.4, -0.2) is 23.9 Å². The molecule has 3 rings (SSSR count). The molecule has 1 N–H and O–H groups in total. The van der Waals surface area contributed by atoms with Crippen molar-refractivity contribution in [2.24, 2.45) is 0 Å². The lowest BCUT2D eigenvalue weighted by molar-refractivity contribution is -0.120. The van der Waals surface area contributed by atoms with Crippen molar-refractivity contribution in [1.82, 2.24) is 10.2 Å². The number of hydrogen-bond donors (Lipinski definition) is 1. The fourth-order valence-corrected chi connectivity index (χ4v) is 3.14. The largest absolute Gasteiger partial charge is 0.352 e. The van der Waals surface area contributed by atoms with Crippen LogP contribution in [0.1, 0.15) is 29.5 Å². The summed E-state index contributed by atoms with van der Waals surface area (Å²) in [6, 6.07) is 15.9. The number of rotatable bonds is 6. The van der Waals surface area contributed by atoms with Gasteiger partial charge in [0, 0.05) is 18.1 Å². The van der Waals surface area contributed by atoms with Crippen molar-refractivity contribution in [2.45, 2.75) is 32.4 Å². The molecule has 24 heavy (non-hydrogen) atoms. The first kappa shape index (κ1) is 17.0. The molecule has 1 aliphatic rings. The molecule has 0 aromatic heterocycles. The number of benzene rings is 2. The molecule has 4 heteroatoms. The molecule has 1 fully saturated rings. The third kappa shape index (κ3) is 5.08. The quantitative estimate of drug-likeness (QED) is 0.866. The average Bonchev–Trinajstić information content (AvgIpc) is 3.09. The number of carbonyl (C=O) groups excluding carboxylic acids is 1. The monoisotopic (exact) mass is 342 g/mol. The number of likely N-dealkylation sites (tertiary alicyclic amines) is 1. The van der Waals surface area contributed by atoms with Gasteiger partial charge in [-0.2, -0.15) is 0 Å². The minimum atomic E-state index is 0.0264. The minimum absolute atomic E-state index is 0.0264. The summed E-state index contributed by atoms with van der Waals surface area (Å²) in [4.78, 5) is 14.5. The van der Waals surface area contributed by atoms with E-state index >= 15 is 0 Å². The summed E-state index contributed by atoms with van der Waals surface area (Å²) >= 11 is 5.85. The van der Waals surface area contributed by atoms with Gasteiger partial charge in [-0.15, -0.1) is 0 Å². The third-order valence-corrected chi connectivity index (χ3v) is 4.65. The van der Waals surface area contributed by atoms with Gasteiger partial charge in [0.25, 0.3) is 0 Å². The number of amides is 1. The van der Waals surface area contributed by atoms with Crippen molar-refractivity contribution in [3.05, 3.63) is 70.2 Å². The SMILES string of the molecule is O=C(Cc1ccc(Cl)cc1)NCc1ccc(CN2CCCC2)cc1. The van der Waals surface area contributed by atoms with Crippen molar-refractivity contribution in [3.63, 3.8) is 0 Å². The van der Waals surface area contributed by atoms with Gasteiger partial charge in [-0.1, -0.05) is 48.0 Å². The fourth-order valence-electron chi connectivity index (χ4n) is 3.01. The maximum absolute atomic E-state index is 12.0. The Balaban J connectivity index is 1.45. The van der Waals surface area contributed by atoms with E-state index in [-0.39, 0.29) is 5.91 Å². The van der Waals surface area contributed by atoms with Gasteiger partial charge in [-0.25, -0.2) is 0 Å². The van der Waals surface area contributed by atoms with Crippen molar-refractivity contribution in [1.29, 1.82) is 0 Å². The van der Waals surface area contributed by atoms with E-state index in [4.69, 9.17) is 11.6 Å². The van der Waals surface area contributed by atoms with E-state index < -0.39 is 0 Å². The first-order chi connectivity index (χ1) is 11.7. The highest BCUT2D eigenvalue weighted by Gasteiger charge is 2.11. The molecule has 0 spiro atoms. The van der Waals surface area contributed by atoms with Crippen LogP contribution in [0.3, 0.4) is 0 Å². The number of carbonyl (C=O) groups is 1. The highest BCUT2D eigenvalue weighted by molar-refractivity contribution is 6.30. The Labute approximate surface area is 148 Å². The lowest BCUT2D eigenvalue weighted by Gasteiger charge is -2.14. The zero-order valence-corrected chi connectivity index (χ0v) is 14.6. The molecule has 2 aromatic carbocycles. The van der Waals surface area contributed by atoms with E-state index in [0.29, 0.717) is 18.0 Å². The number of halogens is 1. The molecule has 0 aliphatic carbocycles. The molecule has 1 saturated heterocycles. The first-order valence-electron chi connectivity index (χ1n) is 8.50. The second-order valence-electron chi connectivity index (χ2n) is 6.38. The van der Waals surface area contributed by atoms with E-state index in [0.717, 1.165) is 17.7 Å². The van der Waals surface area contributed by atoms with Gasteiger partial charge in [0.15, 0.2) is 0 Å². The predicted molar refractivity (Wildman–Crippen MR) is 98.0 cm³/mol. The highest BCUT2D eigenvalue weighted by atomic mass is 35.5. The zero-order valence-electron chi connectivity index (χ0n) is 13.8. The van der Waals surface area contributed by atoms with Crippen LogP contribution in [0.15, 0.2) is 48.5 Å². The van der Waals surface area contributed by atoms with Crippen LogP contribution in [0, 0.1) is 0 Å². The highest BCUT2D eigenvalue weighted by Crippen LogP contribution is 2.13. The van der Waals surface area contributed by atoms with Crippen LogP contribution in [0.25, 0.3) is 0 Å². The molecule has 0 radical (unpaired) electrons. The van der Waals surface area contributed by atoms with Crippen LogP contribution in [0.2, 0.25) is 5.02 Å². The molecule has 3 nitrogen and oxygen atoms in total. The van der Waals surface area contributed by atoms with Crippen molar-refractivity contribution < 1.29 is 4.79 Å². The summed E-state index contributed by atoms with van der Waals surface area (Å²) in [5.41, 5.74) is 3.44. The second kappa shape index (κ2) is 8.32. The predicted octanol–water partition coefficient (Wildman–Crippen LogP) is 3.79. The van der Waals surface area contributed by atoms with E-state index in [9.17, 15) is 4.79 Å². The number of nitrogens with one attached hydrogen (secondary N) is 1. The molecule has 126 valence electrons. The van der Waals surface area contributed by atoms with Crippen LogP contribution < -0.4 is 5.32 Å².